The molecule has 2 nitrogen and oxygen atoms in total. The summed E-state index contributed by atoms with van der Waals surface area (Å²) in [6.45, 7) is 3.91. The lowest BCUT2D eigenvalue weighted by Crippen LogP contribution is -2.25. The Hall–Kier alpha value is -1.81. The van der Waals surface area contributed by atoms with Gasteiger partial charge in [0, 0.05) is 4.90 Å². The Labute approximate surface area is 127 Å². The van der Waals surface area contributed by atoms with E-state index in [1.54, 1.807) is 23.9 Å². The molecule has 0 aliphatic carbocycles. The summed E-state index contributed by atoms with van der Waals surface area (Å²) in [5.74, 6) is -0.538. The molecule has 1 aliphatic rings. The molecule has 0 saturated carbocycles. The van der Waals surface area contributed by atoms with Crippen LogP contribution in [0.4, 0.5) is 10.1 Å². The maximum Gasteiger partial charge on any atom is 0.238 e. The molecule has 0 fully saturated rings. The molecule has 3 rings (SSSR count). The Morgan fingerprint density at radius 1 is 1.19 bits per heavy atom. The van der Waals surface area contributed by atoms with Crippen LogP contribution in [0.5, 0.6) is 0 Å². The quantitative estimate of drug-likeness (QED) is 0.905. The lowest BCUT2D eigenvalue weighted by molar-refractivity contribution is -0.115. The van der Waals surface area contributed by atoms with E-state index < -0.39 is 5.82 Å². The minimum atomic E-state index is -0.398. The van der Waals surface area contributed by atoms with E-state index in [1.807, 2.05) is 13.8 Å². The highest BCUT2D eigenvalue weighted by Crippen LogP contribution is 2.38. The number of hydrogen-bond acceptors (Lipinski definition) is 2. The van der Waals surface area contributed by atoms with Crippen LogP contribution in [0.2, 0.25) is 0 Å². The minimum Gasteiger partial charge on any atom is -0.323 e. The molecule has 2 aromatic rings. The number of halogens is 1. The molecule has 4 heteroatoms. The second-order valence-electron chi connectivity index (χ2n) is 5.39. The largest absolute Gasteiger partial charge is 0.323 e. The molecule has 1 atom stereocenters. The predicted molar refractivity (Wildman–Crippen MR) is 84.3 cm³/mol. The highest BCUT2D eigenvalue weighted by molar-refractivity contribution is 8.01. The number of anilines is 1. The van der Waals surface area contributed by atoms with Crippen LogP contribution >= 0.6 is 11.8 Å². The smallest absolute Gasteiger partial charge is 0.238 e. The van der Waals surface area contributed by atoms with Crippen molar-refractivity contribution in [1.29, 1.82) is 0 Å². The van der Waals surface area contributed by atoms with Crippen LogP contribution < -0.4 is 5.32 Å². The maximum absolute atomic E-state index is 13.7. The van der Waals surface area contributed by atoms with Gasteiger partial charge in [0.15, 0.2) is 0 Å². The average Bonchev–Trinajstić information content (AvgIpc) is 2.86. The molecule has 2 aromatic carbocycles. The molecule has 0 bridgehead atoms. The Morgan fingerprint density at radius 2 is 1.90 bits per heavy atom. The van der Waals surface area contributed by atoms with Gasteiger partial charge >= 0.3 is 0 Å². The summed E-state index contributed by atoms with van der Waals surface area (Å²) >= 11 is 1.55. The summed E-state index contributed by atoms with van der Waals surface area (Å²) in [6, 6.07) is 10.9. The first-order chi connectivity index (χ1) is 10.0. The molecule has 108 valence electrons. The van der Waals surface area contributed by atoms with Crippen molar-refractivity contribution in [2.75, 3.05) is 5.32 Å². The van der Waals surface area contributed by atoms with Gasteiger partial charge < -0.3 is 5.32 Å². The molecule has 0 saturated heterocycles. The fraction of sp³-hybridized carbons (Fsp3) is 0.235. The molecule has 0 unspecified atom stereocenters. The first-order valence-electron chi connectivity index (χ1n) is 6.86. The summed E-state index contributed by atoms with van der Waals surface area (Å²) in [5, 5.41) is 2.51. The van der Waals surface area contributed by atoms with Gasteiger partial charge in [0.1, 0.15) is 5.82 Å². The normalized spacial score (nSPS) is 16.6. The van der Waals surface area contributed by atoms with Gasteiger partial charge in [-0.3, -0.25) is 4.79 Å². The van der Waals surface area contributed by atoms with Gasteiger partial charge in [0.25, 0.3) is 0 Å². The van der Waals surface area contributed by atoms with E-state index in [1.165, 1.54) is 17.2 Å². The summed E-state index contributed by atoms with van der Waals surface area (Å²) in [7, 11) is 0. The molecular formula is C17H16FNOS. The molecule has 0 aromatic heterocycles. The van der Waals surface area contributed by atoms with Crippen LogP contribution in [0, 0.1) is 19.7 Å². The number of thioether (sulfide) groups is 1. The van der Waals surface area contributed by atoms with Gasteiger partial charge in [-0.05, 0) is 49.6 Å². The number of nitrogens with one attached hydrogen (secondary N) is 1. The lowest BCUT2D eigenvalue weighted by atomic mass is 10.1. The third-order valence-electron chi connectivity index (χ3n) is 3.57. The van der Waals surface area contributed by atoms with Crippen molar-refractivity contribution in [2.24, 2.45) is 0 Å². The summed E-state index contributed by atoms with van der Waals surface area (Å²) in [4.78, 5) is 13.5. The maximum atomic E-state index is 13.7. The topological polar surface area (TPSA) is 29.1 Å². The first kappa shape index (κ1) is 14.1. The van der Waals surface area contributed by atoms with Gasteiger partial charge in [-0.2, -0.15) is 0 Å². The van der Waals surface area contributed by atoms with Crippen LogP contribution in [0.25, 0.3) is 0 Å². The standard InChI is InChI=1S/C17H16FNOS/c1-10-4-6-13(18)14(7-10)19-17(20)16-9-12-5-3-11(2)8-15(12)21-16/h3-8,16H,9H2,1-2H3,(H,19,20)/t16-/m1/s1. The fourth-order valence-corrected chi connectivity index (χ4v) is 3.72. The highest BCUT2D eigenvalue weighted by Gasteiger charge is 2.28. The molecule has 1 aliphatic heterocycles. The van der Waals surface area contributed by atoms with Crippen molar-refractivity contribution in [2.45, 2.75) is 30.4 Å². The molecule has 0 spiro atoms. The molecule has 0 radical (unpaired) electrons. The van der Waals surface area contributed by atoms with Gasteiger partial charge in [-0.25, -0.2) is 4.39 Å². The van der Waals surface area contributed by atoms with Crippen molar-refractivity contribution in [1.82, 2.24) is 0 Å². The number of amides is 1. The molecular weight excluding hydrogens is 285 g/mol. The zero-order chi connectivity index (χ0) is 15.0. The van der Waals surface area contributed by atoms with Crippen LogP contribution in [0.1, 0.15) is 16.7 Å². The molecule has 1 heterocycles. The van der Waals surface area contributed by atoms with Gasteiger partial charge in [-0.15, -0.1) is 11.8 Å². The minimum absolute atomic E-state index is 0.140. The second kappa shape index (κ2) is 5.53. The van der Waals surface area contributed by atoms with E-state index in [-0.39, 0.29) is 16.8 Å². The molecule has 1 amide bonds. The average molecular weight is 301 g/mol. The summed E-state index contributed by atoms with van der Waals surface area (Å²) < 4.78 is 13.7. The van der Waals surface area contributed by atoms with Crippen LogP contribution in [0.15, 0.2) is 41.3 Å². The van der Waals surface area contributed by atoms with Crippen molar-refractivity contribution in [3.8, 4) is 0 Å². The van der Waals surface area contributed by atoms with Crippen LogP contribution in [-0.4, -0.2) is 11.2 Å². The van der Waals surface area contributed by atoms with Gasteiger partial charge in [-0.1, -0.05) is 23.8 Å². The highest BCUT2D eigenvalue weighted by atomic mass is 32.2. The zero-order valence-electron chi connectivity index (χ0n) is 11.9. The van der Waals surface area contributed by atoms with E-state index >= 15 is 0 Å². The number of carbonyl (C=O) groups excluding carboxylic acids is 1. The monoisotopic (exact) mass is 301 g/mol. The van der Waals surface area contributed by atoms with E-state index in [0.717, 1.165) is 10.5 Å². The SMILES string of the molecule is Cc1ccc(F)c(NC(=O)[C@H]2Cc3ccc(C)cc3S2)c1. The van der Waals surface area contributed by atoms with Gasteiger partial charge in [0.2, 0.25) is 5.91 Å². The Kier molecular flexibility index (Phi) is 3.72. The third-order valence-corrected chi connectivity index (χ3v) is 4.87. The summed E-state index contributed by atoms with van der Waals surface area (Å²) in [6.07, 6.45) is 0.694. The van der Waals surface area contributed by atoms with Crippen molar-refractivity contribution in [3.63, 3.8) is 0 Å². The van der Waals surface area contributed by atoms with Crippen LogP contribution in [0.3, 0.4) is 0 Å². The van der Waals surface area contributed by atoms with Gasteiger partial charge in [0.05, 0.1) is 10.9 Å². The predicted octanol–water partition coefficient (Wildman–Crippen LogP) is 4.10. The van der Waals surface area contributed by atoms with E-state index in [4.69, 9.17) is 0 Å². The van der Waals surface area contributed by atoms with E-state index in [9.17, 15) is 9.18 Å². The molecule has 1 N–H and O–H groups in total. The number of hydrogen-bond donors (Lipinski definition) is 1. The number of fused-ring (bicyclic) bond motifs is 1. The fourth-order valence-electron chi connectivity index (χ4n) is 2.43. The number of rotatable bonds is 2. The van der Waals surface area contributed by atoms with E-state index in [0.29, 0.717) is 6.42 Å². The third kappa shape index (κ3) is 2.95. The number of carbonyl (C=O) groups is 1. The first-order valence-corrected chi connectivity index (χ1v) is 7.74. The number of benzene rings is 2. The summed E-state index contributed by atoms with van der Waals surface area (Å²) in [5.41, 5.74) is 3.56. The Bertz CT molecular complexity index is 714. The number of aryl methyl sites for hydroxylation is 2. The Balaban J connectivity index is 1.74. The van der Waals surface area contributed by atoms with E-state index in [2.05, 4.69) is 23.5 Å². The molecule has 21 heavy (non-hydrogen) atoms. The van der Waals surface area contributed by atoms with Crippen molar-refractivity contribution >= 4 is 23.4 Å². The Morgan fingerprint density at radius 3 is 2.71 bits per heavy atom. The zero-order valence-corrected chi connectivity index (χ0v) is 12.8. The van der Waals surface area contributed by atoms with Crippen LogP contribution in [-0.2, 0) is 11.2 Å². The second-order valence-corrected chi connectivity index (χ2v) is 6.64. The van der Waals surface area contributed by atoms with Crippen molar-refractivity contribution in [3.05, 3.63) is 58.9 Å². The van der Waals surface area contributed by atoms with Crippen molar-refractivity contribution < 1.29 is 9.18 Å². The lowest BCUT2D eigenvalue weighted by Gasteiger charge is -2.11.